The van der Waals surface area contributed by atoms with Crippen LogP contribution in [0.4, 0.5) is 0 Å². The van der Waals surface area contributed by atoms with Gasteiger partial charge in [0.05, 0.1) is 0 Å². The van der Waals surface area contributed by atoms with E-state index in [1.807, 2.05) is 18.2 Å². The van der Waals surface area contributed by atoms with Crippen LogP contribution in [0.3, 0.4) is 0 Å². The first-order chi connectivity index (χ1) is 7.87. The summed E-state index contributed by atoms with van der Waals surface area (Å²) in [6.45, 7) is 6.49. The number of benzene rings is 1. The zero-order valence-corrected chi connectivity index (χ0v) is 10.4. The molecule has 0 aliphatic rings. The second-order valence-electron chi connectivity index (χ2n) is 5.60. The van der Waals surface area contributed by atoms with Crippen molar-refractivity contribution >= 4 is 23.7 Å². The molecule has 3 nitrogen and oxygen atoms in total. The van der Waals surface area contributed by atoms with Crippen LogP contribution in [0, 0.1) is 5.41 Å². The maximum absolute atomic E-state index is 9.11. The molecule has 0 aliphatic heterocycles. The zero-order valence-electron chi connectivity index (χ0n) is 10.4. The molecule has 2 aromatic rings. The highest BCUT2D eigenvalue weighted by Crippen LogP contribution is 2.26. The second-order valence-corrected chi connectivity index (χ2v) is 5.60. The van der Waals surface area contributed by atoms with Crippen LogP contribution in [-0.4, -0.2) is 17.2 Å². The summed E-state index contributed by atoms with van der Waals surface area (Å²) < 4.78 is 5.51. The lowest BCUT2D eigenvalue weighted by Crippen LogP contribution is -2.27. The molecule has 1 heterocycles. The Morgan fingerprint density at radius 1 is 1.24 bits per heavy atom. The van der Waals surface area contributed by atoms with E-state index in [4.69, 9.17) is 14.5 Å². The number of rotatable bonds is 2. The average molecular weight is 232 g/mol. The highest BCUT2D eigenvalue weighted by atomic mass is 16.4. The fourth-order valence-corrected chi connectivity index (χ4v) is 1.98. The molecule has 0 saturated heterocycles. The Labute approximate surface area is 101 Å². The monoisotopic (exact) mass is 232 g/mol. The van der Waals surface area contributed by atoms with Crippen molar-refractivity contribution in [1.82, 2.24) is 0 Å². The van der Waals surface area contributed by atoms with Gasteiger partial charge in [0.2, 0.25) is 0 Å². The van der Waals surface area contributed by atoms with Crippen LogP contribution >= 0.6 is 0 Å². The van der Waals surface area contributed by atoms with Gasteiger partial charge in [-0.2, -0.15) is 0 Å². The molecule has 0 amide bonds. The van der Waals surface area contributed by atoms with Crippen molar-refractivity contribution in [2.24, 2.45) is 5.41 Å². The summed E-state index contributed by atoms with van der Waals surface area (Å²) in [7, 11) is -1.55. The zero-order chi connectivity index (χ0) is 12.6. The molecule has 4 heteroatoms. The maximum atomic E-state index is 9.11. The summed E-state index contributed by atoms with van der Waals surface area (Å²) in [6.07, 6.45) is 0.888. The van der Waals surface area contributed by atoms with Crippen LogP contribution in [0.5, 0.6) is 0 Å². The normalized spacial score (nSPS) is 12.1. The van der Waals surface area contributed by atoms with Gasteiger partial charge in [0.1, 0.15) is 11.2 Å². The molecule has 2 N–H and O–H groups in total. The Kier molecular flexibility index (Phi) is 3.02. The molecule has 90 valence electrons. The summed E-state index contributed by atoms with van der Waals surface area (Å²) in [4.78, 5) is 0. The van der Waals surface area contributed by atoms with Crippen LogP contribution < -0.4 is 5.66 Å². The Hall–Kier alpha value is -1.26. The molecule has 0 unspecified atom stereocenters. The molecule has 2 rings (SSSR count). The first-order valence-electron chi connectivity index (χ1n) is 5.74. The van der Waals surface area contributed by atoms with Gasteiger partial charge in [-0.05, 0) is 23.5 Å². The van der Waals surface area contributed by atoms with E-state index in [2.05, 4.69) is 20.8 Å². The van der Waals surface area contributed by atoms with Crippen LogP contribution in [-0.2, 0) is 6.42 Å². The van der Waals surface area contributed by atoms with Gasteiger partial charge < -0.3 is 14.5 Å². The molecule has 17 heavy (non-hydrogen) atoms. The van der Waals surface area contributed by atoms with Crippen molar-refractivity contribution in [3.63, 3.8) is 0 Å². The molecule has 0 atom stereocenters. The molecule has 1 aromatic heterocycles. The van der Waals surface area contributed by atoms with E-state index >= 15 is 0 Å². The summed E-state index contributed by atoms with van der Waals surface area (Å²) in [6, 6.07) is 7.57. The van der Waals surface area contributed by atoms with Gasteiger partial charge >= 0.3 is 7.12 Å². The first kappa shape index (κ1) is 12.2. The van der Waals surface area contributed by atoms with Gasteiger partial charge in [-0.25, -0.2) is 0 Å². The second kappa shape index (κ2) is 4.20. The largest absolute Gasteiger partial charge is 0.526 e. The number of para-hydroxylation sites is 1. The van der Waals surface area contributed by atoms with Crippen molar-refractivity contribution in [1.29, 1.82) is 0 Å². The summed E-state index contributed by atoms with van der Waals surface area (Å²) in [5.74, 6) is 0. The standard InChI is InChI=1S/C13H17BO3/c1-13(2,3)8-10-6-4-5-9-7-11(14(15)16)17-12(9)10/h4-7,15-16H,8H2,1-3H3. The van der Waals surface area contributed by atoms with Gasteiger partial charge in [-0.15, -0.1) is 0 Å². The van der Waals surface area contributed by atoms with Crippen LogP contribution in [0.25, 0.3) is 11.0 Å². The molecular formula is C13H17BO3. The van der Waals surface area contributed by atoms with Gasteiger partial charge in [0.25, 0.3) is 0 Å². The molecule has 0 aliphatic carbocycles. The van der Waals surface area contributed by atoms with Gasteiger partial charge in [0.15, 0.2) is 0 Å². The van der Waals surface area contributed by atoms with E-state index in [1.165, 1.54) is 0 Å². The number of furan rings is 1. The fourth-order valence-electron chi connectivity index (χ4n) is 1.98. The van der Waals surface area contributed by atoms with Gasteiger partial charge in [-0.1, -0.05) is 39.0 Å². The first-order valence-corrected chi connectivity index (χ1v) is 5.74. The highest BCUT2D eigenvalue weighted by molar-refractivity contribution is 6.57. The summed E-state index contributed by atoms with van der Waals surface area (Å²) >= 11 is 0. The van der Waals surface area contributed by atoms with Crippen LogP contribution in [0.15, 0.2) is 28.7 Å². The minimum absolute atomic E-state index is 0.166. The van der Waals surface area contributed by atoms with Crippen molar-refractivity contribution in [3.05, 3.63) is 29.8 Å². The highest BCUT2D eigenvalue weighted by Gasteiger charge is 2.20. The third-order valence-electron chi connectivity index (χ3n) is 2.62. The third-order valence-corrected chi connectivity index (χ3v) is 2.62. The predicted octanol–water partition coefficient (Wildman–Crippen LogP) is 1.70. The van der Waals surface area contributed by atoms with E-state index in [9.17, 15) is 0 Å². The Bertz CT molecular complexity index is 523. The summed E-state index contributed by atoms with van der Waals surface area (Å²) in [5.41, 5.74) is 2.22. The molecule has 0 bridgehead atoms. The molecule has 0 fully saturated rings. The minimum Gasteiger partial charge on any atom is -0.464 e. The Balaban J connectivity index is 2.49. The number of fused-ring (bicyclic) bond motifs is 1. The van der Waals surface area contributed by atoms with E-state index in [1.54, 1.807) is 6.07 Å². The molecular weight excluding hydrogens is 215 g/mol. The maximum Gasteiger partial charge on any atom is 0.526 e. The number of hydrogen-bond acceptors (Lipinski definition) is 3. The SMILES string of the molecule is CC(C)(C)Cc1cccc2cc(B(O)O)oc12. The lowest BCUT2D eigenvalue weighted by atomic mass is 9.87. The van der Waals surface area contributed by atoms with E-state index in [0.29, 0.717) is 0 Å². The Morgan fingerprint density at radius 3 is 2.53 bits per heavy atom. The molecule has 0 saturated carbocycles. The molecule has 0 spiro atoms. The fraction of sp³-hybridized carbons (Fsp3) is 0.385. The van der Waals surface area contributed by atoms with Crippen molar-refractivity contribution < 1.29 is 14.5 Å². The average Bonchev–Trinajstić information content (AvgIpc) is 2.60. The van der Waals surface area contributed by atoms with Crippen molar-refractivity contribution in [3.8, 4) is 0 Å². The topological polar surface area (TPSA) is 53.6 Å². The van der Waals surface area contributed by atoms with E-state index in [0.717, 1.165) is 23.0 Å². The minimum atomic E-state index is -1.55. The molecule has 1 aromatic carbocycles. The van der Waals surface area contributed by atoms with Gasteiger partial charge in [-0.3, -0.25) is 0 Å². The number of hydrogen-bond donors (Lipinski definition) is 2. The van der Waals surface area contributed by atoms with Crippen molar-refractivity contribution in [2.45, 2.75) is 27.2 Å². The quantitative estimate of drug-likeness (QED) is 0.775. The lowest BCUT2D eigenvalue weighted by Gasteiger charge is -2.18. The molecule has 0 radical (unpaired) electrons. The smallest absolute Gasteiger partial charge is 0.464 e. The van der Waals surface area contributed by atoms with E-state index < -0.39 is 7.12 Å². The Morgan fingerprint density at radius 2 is 1.94 bits per heavy atom. The van der Waals surface area contributed by atoms with Gasteiger partial charge in [0, 0.05) is 5.39 Å². The van der Waals surface area contributed by atoms with Crippen molar-refractivity contribution in [2.75, 3.05) is 0 Å². The van der Waals surface area contributed by atoms with Crippen LogP contribution in [0.2, 0.25) is 0 Å². The predicted molar refractivity (Wildman–Crippen MR) is 69.2 cm³/mol. The van der Waals surface area contributed by atoms with Crippen LogP contribution in [0.1, 0.15) is 26.3 Å². The lowest BCUT2D eigenvalue weighted by molar-refractivity contribution is 0.406. The van der Waals surface area contributed by atoms with E-state index in [-0.39, 0.29) is 11.1 Å². The summed E-state index contributed by atoms with van der Waals surface area (Å²) in [5, 5.41) is 19.1. The third kappa shape index (κ3) is 2.71.